The second-order valence-corrected chi connectivity index (χ2v) is 8.42. The number of rotatable bonds is 10. The van der Waals surface area contributed by atoms with Crippen LogP contribution in [0.25, 0.3) is 17.1 Å². The third kappa shape index (κ3) is 5.36. The van der Waals surface area contributed by atoms with E-state index < -0.39 is 0 Å². The second-order valence-electron chi connectivity index (χ2n) is 8.42. The summed E-state index contributed by atoms with van der Waals surface area (Å²) in [5.41, 5.74) is 3.30. The highest BCUT2D eigenvalue weighted by atomic mass is 16.5. The number of nitrogens with zero attached hydrogens (tertiary/aromatic N) is 3. The van der Waals surface area contributed by atoms with Crippen molar-refractivity contribution in [3.63, 3.8) is 0 Å². The van der Waals surface area contributed by atoms with Gasteiger partial charge in [-0.1, -0.05) is 30.3 Å². The number of ether oxygens (including phenoxy) is 3. The van der Waals surface area contributed by atoms with E-state index in [-0.39, 0.29) is 24.8 Å². The molecule has 5 aromatic rings. The van der Waals surface area contributed by atoms with Crippen molar-refractivity contribution in [3.8, 4) is 40.3 Å². The number of hydrogen-bond donors (Lipinski definition) is 1. The van der Waals surface area contributed by atoms with Gasteiger partial charge >= 0.3 is 0 Å². The molecule has 9 nitrogen and oxygen atoms in total. The van der Waals surface area contributed by atoms with E-state index in [2.05, 4.69) is 10.1 Å². The quantitative estimate of drug-likeness (QED) is 0.244. The first kappa shape index (κ1) is 24.6. The summed E-state index contributed by atoms with van der Waals surface area (Å²) < 4.78 is 24.7. The number of aldehydes is 1. The summed E-state index contributed by atoms with van der Waals surface area (Å²) >= 11 is 0. The normalized spacial score (nSPS) is 10.8. The fourth-order valence-electron chi connectivity index (χ4n) is 3.82. The number of aryl methyl sites for hydroxylation is 1. The fraction of sp³-hybridized carbons (Fsp3) is 0.138. The summed E-state index contributed by atoms with van der Waals surface area (Å²) in [5, 5.41) is 14.1. The first-order chi connectivity index (χ1) is 18.5. The number of benzene rings is 3. The number of carbonyl (C=O) groups is 1. The van der Waals surface area contributed by atoms with E-state index in [9.17, 15) is 9.90 Å². The van der Waals surface area contributed by atoms with Crippen molar-refractivity contribution in [1.29, 1.82) is 0 Å². The van der Waals surface area contributed by atoms with Crippen LogP contribution in [0.4, 0.5) is 0 Å². The maximum absolute atomic E-state index is 11.5. The standard InChI is InChI=1S/C29H25N3O6/c1-19-25(30-28(38-19)21-7-6-10-24(34)14-21)18-36-26-12-11-20(13-27(26)35-2)17-37-29-22(16-33)15-32(31-29)23-8-4-3-5-9-23/h3-16,34H,17-18H2,1-2H3. The van der Waals surface area contributed by atoms with Crippen LogP contribution in [0.1, 0.15) is 27.4 Å². The number of oxazole rings is 1. The zero-order valence-electron chi connectivity index (χ0n) is 20.8. The lowest BCUT2D eigenvalue weighted by atomic mass is 10.2. The molecule has 9 heteroatoms. The van der Waals surface area contributed by atoms with Crippen molar-refractivity contribution in [1.82, 2.24) is 14.8 Å². The Hall–Kier alpha value is -5.05. The number of carbonyl (C=O) groups excluding carboxylic acids is 1. The zero-order chi connectivity index (χ0) is 26.5. The van der Waals surface area contributed by atoms with E-state index >= 15 is 0 Å². The molecule has 2 aromatic heterocycles. The third-order valence-corrected chi connectivity index (χ3v) is 5.81. The number of aromatic hydroxyl groups is 1. The molecular weight excluding hydrogens is 486 g/mol. The van der Waals surface area contributed by atoms with Crippen LogP contribution in [0.3, 0.4) is 0 Å². The van der Waals surface area contributed by atoms with E-state index in [0.717, 1.165) is 17.5 Å². The Morgan fingerprint density at radius 3 is 2.58 bits per heavy atom. The summed E-state index contributed by atoms with van der Waals surface area (Å²) in [5.74, 6) is 2.45. The number of para-hydroxylation sites is 1. The van der Waals surface area contributed by atoms with Crippen molar-refractivity contribution in [3.05, 3.63) is 102 Å². The molecule has 1 N–H and O–H groups in total. The molecule has 0 fully saturated rings. The van der Waals surface area contributed by atoms with Crippen molar-refractivity contribution in [2.45, 2.75) is 20.1 Å². The molecule has 0 aliphatic carbocycles. The zero-order valence-corrected chi connectivity index (χ0v) is 20.8. The molecule has 38 heavy (non-hydrogen) atoms. The van der Waals surface area contributed by atoms with Crippen molar-refractivity contribution in [2.75, 3.05) is 7.11 Å². The lowest BCUT2D eigenvalue weighted by Gasteiger charge is -2.12. The van der Waals surface area contributed by atoms with Gasteiger partial charge in [0.2, 0.25) is 11.8 Å². The number of phenolic OH excluding ortho intramolecular Hbond substituents is 1. The van der Waals surface area contributed by atoms with E-state index in [1.165, 1.54) is 0 Å². The largest absolute Gasteiger partial charge is 0.508 e. The second kappa shape index (κ2) is 10.9. The van der Waals surface area contributed by atoms with Crippen molar-refractivity contribution >= 4 is 6.29 Å². The summed E-state index contributed by atoms with van der Waals surface area (Å²) in [6.07, 6.45) is 2.35. The molecule has 0 amide bonds. The van der Waals surface area contributed by atoms with Crippen LogP contribution < -0.4 is 14.2 Å². The summed E-state index contributed by atoms with van der Waals surface area (Å²) in [4.78, 5) is 16.1. The Morgan fingerprint density at radius 1 is 0.974 bits per heavy atom. The highest BCUT2D eigenvalue weighted by Crippen LogP contribution is 2.31. The molecule has 0 saturated heterocycles. The summed E-state index contributed by atoms with van der Waals surface area (Å²) in [7, 11) is 1.56. The van der Waals surface area contributed by atoms with Crippen LogP contribution in [0.15, 0.2) is 83.4 Å². The number of hydrogen-bond acceptors (Lipinski definition) is 8. The van der Waals surface area contributed by atoms with Gasteiger partial charge in [0, 0.05) is 11.8 Å². The van der Waals surface area contributed by atoms with Crippen LogP contribution >= 0.6 is 0 Å². The monoisotopic (exact) mass is 511 g/mol. The maximum Gasteiger partial charge on any atom is 0.244 e. The molecule has 3 aromatic carbocycles. The predicted molar refractivity (Wildman–Crippen MR) is 139 cm³/mol. The predicted octanol–water partition coefficient (Wildman–Crippen LogP) is 5.52. The molecule has 0 spiro atoms. The van der Waals surface area contributed by atoms with Crippen molar-refractivity contribution in [2.24, 2.45) is 0 Å². The summed E-state index contributed by atoms with van der Waals surface area (Å²) in [6, 6.07) is 21.6. The van der Waals surface area contributed by atoms with Crippen LogP contribution in [0.5, 0.6) is 23.1 Å². The molecule has 0 atom stereocenters. The van der Waals surface area contributed by atoms with Crippen LogP contribution in [-0.2, 0) is 13.2 Å². The van der Waals surface area contributed by atoms with Crippen LogP contribution in [0.2, 0.25) is 0 Å². The Balaban J connectivity index is 1.26. The van der Waals surface area contributed by atoms with Gasteiger partial charge in [-0.2, -0.15) is 0 Å². The molecule has 0 unspecified atom stereocenters. The van der Waals surface area contributed by atoms with Gasteiger partial charge in [-0.3, -0.25) is 4.79 Å². The molecule has 0 radical (unpaired) electrons. The minimum atomic E-state index is 0.136. The highest BCUT2D eigenvalue weighted by molar-refractivity contribution is 5.78. The first-order valence-corrected chi connectivity index (χ1v) is 11.8. The van der Waals surface area contributed by atoms with E-state index in [0.29, 0.717) is 40.0 Å². The number of aromatic nitrogens is 3. The van der Waals surface area contributed by atoms with Gasteiger partial charge in [0.1, 0.15) is 30.4 Å². The third-order valence-electron chi connectivity index (χ3n) is 5.81. The Morgan fingerprint density at radius 2 is 1.82 bits per heavy atom. The fourth-order valence-corrected chi connectivity index (χ4v) is 3.82. The lowest BCUT2D eigenvalue weighted by Crippen LogP contribution is -2.02. The Bertz CT molecular complexity index is 1560. The minimum Gasteiger partial charge on any atom is -0.508 e. The molecule has 2 heterocycles. The molecular formula is C29H25N3O6. The van der Waals surface area contributed by atoms with Gasteiger partial charge in [-0.15, -0.1) is 5.10 Å². The number of methoxy groups -OCH3 is 1. The van der Waals surface area contributed by atoms with Gasteiger partial charge in [-0.05, 0) is 55.0 Å². The summed E-state index contributed by atoms with van der Waals surface area (Å²) in [6.45, 7) is 2.15. The van der Waals surface area contributed by atoms with Gasteiger partial charge in [0.05, 0.1) is 18.4 Å². The average molecular weight is 512 g/mol. The van der Waals surface area contributed by atoms with Crippen LogP contribution in [-0.4, -0.2) is 33.3 Å². The van der Waals surface area contributed by atoms with E-state index in [4.69, 9.17) is 18.6 Å². The van der Waals surface area contributed by atoms with Gasteiger partial charge in [0.15, 0.2) is 17.8 Å². The lowest BCUT2D eigenvalue weighted by molar-refractivity contribution is 0.111. The smallest absolute Gasteiger partial charge is 0.244 e. The highest BCUT2D eigenvalue weighted by Gasteiger charge is 2.15. The topological polar surface area (TPSA) is 109 Å². The molecule has 0 aliphatic rings. The SMILES string of the molecule is COc1cc(COc2nn(-c3ccccc3)cc2C=O)ccc1OCc1nc(-c2cccc(O)c2)oc1C. The van der Waals surface area contributed by atoms with Crippen LogP contribution in [0, 0.1) is 6.92 Å². The molecule has 0 saturated carbocycles. The first-order valence-electron chi connectivity index (χ1n) is 11.8. The maximum atomic E-state index is 11.5. The Kier molecular flexibility index (Phi) is 7.08. The molecule has 192 valence electrons. The molecule has 5 rings (SSSR count). The van der Waals surface area contributed by atoms with E-state index in [1.807, 2.05) is 49.4 Å². The molecule has 0 bridgehead atoms. The van der Waals surface area contributed by atoms with Gasteiger partial charge < -0.3 is 23.7 Å². The number of phenols is 1. The average Bonchev–Trinajstić information content (AvgIpc) is 3.54. The van der Waals surface area contributed by atoms with E-state index in [1.54, 1.807) is 48.3 Å². The molecule has 0 aliphatic heterocycles. The van der Waals surface area contributed by atoms with Gasteiger partial charge in [0.25, 0.3) is 0 Å². The van der Waals surface area contributed by atoms with Crippen molar-refractivity contribution < 1.29 is 28.5 Å². The Labute approximate surface area is 218 Å². The van der Waals surface area contributed by atoms with Gasteiger partial charge in [-0.25, -0.2) is 9.67 Å². The minimum absolute atomic E-state index is 0.136.